The number of ether oxygens (including phenoxy) is 2. The fraction of sp³-hybridized carbons (Fsp3) is 0.611. The number of pyridine rings is 1. The van der Waals surface area contributed by atoms with Crippen molar-refractivity contribution in [2.24, 2.45) is 0 Å². The summed E-state index contributed by atoms with van der Waals surface area (Å²) in [7, 11) is 1.61. The standard InChI is InChI=1S/C18H25N3O4/c1-3-20(9-10-24-2)18(23)17-16(13-5-4-8-19-11-13)21(14-6-7-14)15(22)12-25-17/h4-5,8,11,14,16-17H,3,6-7,9-10,12H2,1-2H3. The Morgan fingerprint density at radius 3 is 2.88 bits per heavy atom. The summed E-state index contributed by atoms with van der Waals surface area (Å²) in [6.45, 7) is 3.42. The van der Waals surface area contributed by atoms with E-state index in [1.165, 1.54) is 0 Å². The number of carbonyl (C=O) groups excluding carboxylic acids is 2. The maximum Gasteiger partial charge on any atom is 0.254 e. The molecular formula is C18H25N3O4. The van der Waals surface area contributed by atoms with E-state index in [2.05, 4.69) is 4.98 Å². The molecule has 2 aliphatic rings. The van der Waals surface area contributed by atoms with Crippen LogP contribution in [0.3, 0.4) is 0 Å². The van der Waals surface area contributed by atoms with Crippen molar-refractivity contribution in [1.29, 1.82) is 0 Å². The summed E-state index contributed by atoms with van der Waals surface area (Å²) in [6, 6.07) is 3.50. The van der Waals surface area contributed by atoms with Gasteiger partial charge in [0.25, 0.3) is 5.91 Å². The van der Waals surface area contributed by atoms with Crippen molar-refractivity contribution in [3.63, 3.8) is 0 Å². The maximum atomic E-state index is 13.1. The van der Waals surface area contributed by atoms with Crippen LogP contribution < -0.4 is 0 Å². The molecule has 0 bridgehead atoms. The minimum Gasteiger partial charge on any atom is -0.383 e. The first-order valence-electron chi connectivity index (χ1n) is 8.77. The molecule has 2 unspecified atom stereocenters. The number of rotatable bonds is 7. The van der Waals surface area contributed by atoms with E-state index in [9.17, 15) is 9.59 Å². The van der Waals surface area contributed by atoms with Crippen LogP contribution in [0.4, 0.5) is 0 Å². The van der Waals surface area contributed by atoms with E-state index in [1.54, 1.807) is 24.4 Å². The molecule has 3 rings (SSSR count). The van der Waals surface area contributed by atoms with Gasteiger partial charge in [0.15, 0.2) is 6.10 Å². The minimum atomic E-state index is -0.709. The Balaban J connectivity index is 1.89. The molecule has 1 saturated heterocycles. The van der Waals surface area contributed by atoms with Crippen LogP contribution in [0.1, 0.15) is 31.4 Å². The van der Waals surface area contributed by atoms with Crippen LogP contribution in [0.2, 0.25) is 0 Å². The smallest absolute Gasteiger partial charge is 0.254 e. The maximum absolute atomic E-state index is 13.1. The fourth-order valence-corrected chi connectivity index (χ4v) is 3.31. The van der Waals surface area contributed by atoms with E-state index in [0.29, 0.717) is 19.7 Å². The minimum absolute atomic E-state index is 0.0501. The molecule has 2 atom stereocenters. The molecule has 25 heavy (non-hydrogen) atoms. The highest BCUT2D eigenvalue weighted by Crippen LogP contribution is 2.39. The lowest BCUT2D eigenvalue weighted by atomic mass is 9.97. The number of amides is 2. The van der Waals surface area contributed by atoms with E-state index in [-0.39, 0.29) is 24.5 Å². The molecule has 0 radical (unpaired) electrons. The zero-order valence-electron chi connectivity index (χ0n) is 14.8. The van der Waals surface area contributed by atoms with Gasteiger partial charge in [-0.3, -0.25) is 14.6 Å². The lowest BCUT2D eigenvalue weighted by molar-refractivity contribution is -0.170. The molecule has 0 aromatic carbocycles. The third-order valence-corrected chi connectivity index (χ3v) is 4.73. The van der Waals surface area contributed by atoms with Crippen molar-refractivity contribution in [1.82, 2.24) is 14.8 Å². The van der Waals surface area contributed by atoms with Gasteiger partial charge >= 0.3 is 0 Å². The van der Waals surface area contributed by atoms with Gasteiger partial charge in [0, 0.05) is 38.6 Å². The van der Waals surface area contributed by atoms with Gasteiger partial charge in [-0.15, -0.1) is 0 Å². The second-order valence-corrected chi connectivity index (χ2v) is 6.41. The summed E-state index contributed by atoms with van der Waals surface area (Å²) in [6.07, 6.45) is 4.65. The summed E-state index contributed by atoms with van der Waals surface area (Å²) in [4.78, 5) is 33.3. The summed E-state index contributed by atoms with van der Waals surface area (Å²) in [5.41, 5.74) is 0.837. The molecule has 2 amide bonds. The van der Waals surface area contributed by atoms with Crippen molar-refractivity contribution in [3.05, 3.63) is 30.1 Å². The van der Waals surface area contributed by atoms with Gasteiger partial charge in [-0.05, 0) is 31.4 Å². The number of aromatic nitrogens is 1. The van der Waals surface area contributed by atoms with Crippen molar-refractivity contribution in [2.45, 2.75) is 38.0 Å². The topological polar surface area (TPSA) is 72.0 Å². The number of hydrogen-bond acceptors (Lipinski definition) is 5. The van der Waals surface area contributed by atoms with Gasteiger partial charge in [0.1, 0.15) is 6.61 Å². The molecule has 1 aromatic rings. The summed E-state index contributed by atoms with van der Waals surface area (Å²) >= 11 is 0. The predicted molar refractivity (Wildman–Crippen MR) is 90.7 cm³/mol. The average Bonchev–Trinajstić information content (AvgIpc) is 3.47. The van der Waals surface area contributed by atoms with Crippen LogP contribution in [-0.2, 0) is 19.1 Å². The summed E-state index contributed by atoms with van der Waals surface area (Å²) in [5.74, 6) is -0.160. The zero-order chi connectivity index (χ0) is 17.8. The lowest BCUT2D eigenvalue weighted by Crippen LogP contribution is -2.56. The van der Waals surface area contributed by atoms with E-state index in [4.69, 9.17) is 9.47 Å². The summed E-state index contributed by atoms with van der Waals surface area (Å²) in [5, 5.41) is 0. The third kappa shape index (κ3) is 3.82. The van der Waals surface area contributed by atoms with Crippen molar-refractivity contribution >= 4 is 11.8 Å². The number of nitrogens with zero attached hydrogens (tertiary/aromatic N) is 3. The summed E-state index contributed by atoms with van der Waals surface area (Å²) < 4.78 is 10.8. The first-order chi connectivity index (χ1) is 12.2. The molecule has 2 heterocycles. The van der Waals surface area contributed by atoms with Gasteiger partial charge in [-0.25, -0.2) is 0 Å². The Morgan fingerprint density at radius 2 is 2.28 bits per heavy atom. The van der Waals surface area contributed by atoms with Crippen LogP contribution >= 0.6 is 0 Å². The average molecular weight is 347 g/mol. The fourth-order valence-electron chi connectivity index (χ4n) is 3.31. The highest BCUT2D eigenvalue weighted by Gasteiger charge is 2.48. The van der Waals surface area contributed by atoms with Gasteiger partial charge in [0.2, 0.25) is 5.91 Å². The van der Waals surface area contributed by atoms with Gasteiger partial charge in [0.05, 0.1) is 12.6 Å². The van der Waals surface area contributed by atoms with Crippen LogP contribution in [0.5, 0.6) is 0 Å². The largest absolute Gasteiger partial charge is 0.383 e. The first kappa shape index (κ1) is 17.8. The quantitative estimate of drug-likeness (QED) is 0.736. The van der Waals surface area contributed by atoms with E-state index in [1.807, 2.05) is 24.0 Å². The number of likely N-dealkylation sites (N-methyl/N-ethyl adjacent to an activating group) is 1. The molecule has 1 saturated carbocycles. The van der Waals surface area contributed by atoms with Crippen molar-refractivity contribution < 1.29 is 19.1 Å². The Morgan fingerprint density at radius 1 is 1.48 bits per heavy atom. The van der Waals surface area contributed by atoms with Crippen LogP contribution in [-0.4, -0.2) is 72.2 Å². The Hall–Kier alpha value is -1.99. The van der Waals surface area contributed by atoms with Gasteiger partial charge < -0.3 is 19.3 Å². The highest BCUT2D eigenvalue weighted by atomic mass is 16.5. The third-order valence-electron chi connectivity index (χ3n) is 4.73. The second-order valence-electron chi connectivity index (χ2n) is 6.41. The number of methoxy groups -OCH3 is 1. The Labute approximate surface area is 147 Å². The highest BCUT2D eigenvalue weighted by molar-refractivity contribution is 5.86. The van der Waals surface area contributed by atoms with Crippen molar-refractivity contribution in [2.75, 3.05) is 33.4 Å². The van der Waals surface area contributed by atoms with Crippen molar-refractivity contribution in [3.8, 4) is 0 Å². The van der Waals surface area contributed by atoms with E-state index < -0.39 is 12.1 Å². The monoisotopic (exact) mass is 347 g/mol. The normalized spacial score (nSPS) is 23.6. The number of carbonyl (C=O) groups is 2. The molecule has 136 valence electrons. The molecular weight excluding hydrogens is 322 g/mol. The molecule has 7 heteroatoms. The zero-order valence-corrected chi connectivity index (χ0v) is 14.8. The first-order valence-corrected chi connectivity index (χ1v) is 8.77. The van der Waals surface area contributed by atoms with E-state index >= 15 is 0 Å². The molecule has 1 aliphatic heterocycles. The SMILES string of the molecule is CCN(CCOC)C(=O)C1OCC(=O)N(C2CC2)C1c1cccnc1. The number of morpholine rings is 1. The van der Waals surface area contributed by atoms with Crippen LogP contribution in [0.15, 0.2) is 24.5 Å². The molecule has 2 fully saturated rings. The second kappa shape index (κ2) is 7.93. The lowest BCUT2D eigenvalue weighted by Gasteiger charge is -2.42. The number of hydrogen-bond donors (Lipinski definition) is 0. The molecule has 7 nitrogen and oxygen atoms in total. The van der Waals surface area contributed by atoms with Gasteiger partial charge in [-0.1, -0.05) is 6.07 Å². The molecule has 0 N–H and O–H groups in total. The predicted octanol–water partition coefficient (Wildman–Crippen LogP) is 1.01. The molecule has 0 spiro atoms. The van der Waals surface area contributed by atoms with Crippen LogP contribution in [0.25, 0.3) is 0 Å². The molecule has 1 aromatic heterocycles. The van der Waals surface area contributed by atoms with Gasteiger partial charge in [-0.2, -0.15) is 0 Å². The molecule has 1 aliphatic carbocycles. The Bertz CT molecular complexity index is 606. The Kier molecular flexibility index (Phi) is 5.65. The van der Waals surface area contributed by atoms with Crippen LogP contribution in [0, 0.1) is 0 Å². The van der Waals surface area contributed by atoms with E-state index in [0.717, 1.165) is 18.4 Å².